The topological polar surface area (TPSA) is 12.9 Å². The van der Waals surface area contributed by atoms with Crippen LogP contribution in [-0.4, -0.2) is 4.98 Å². The molecule has 0 aliphatic heterocycles. The smallest absolute Gasteiger partial charge is 0.0711 e. The first-order valence-corrected chi connectivity index (χ1v) is 8.11. The fourth-order valence-electron chi connectivity index (χ4n) is 3.09. The molecule has 0 bridgehead atoms. The van der Waals surface area contributed by atoms with Crippen molar-refractivity contribution >= 4 is 21.7 Å². The van der Waals surface area contributed by atoms with Crippen LogP contribution in [0, 0.1) is 0 Å². The summed E-state index contributed by atoms with van der Waals surface area (Å²) in [5.41, 5.74) is 4.74. The van der Waals surface area contributed by atoms with Crippen LogP contribution in [0.5, 0.6) is 0 Å². The number of hydrogen-bond acceptors (Lipinski definition) is 1. The largest absolute Gasteiger partial charge is 0.253 e. The standard InChI is InChI=1S/C22H19N/c1-15(2)22-14-20(19-9-5-6-10-21(19)23-22)18-12-11-16-7-3-4-8-17(16)13-18/h3-15H,1-2H3. The Morgan fingerprint density at radius 3 is 2.30 bits per heavy atom. The highest BCUT2D eigenvalue weighted by molar-refractivity contribution is 5.97. The van der Waals surface area contributed by atoms with Crippen LogP contribution >= 0.6 is 0 Å². The molecule has 0 fully saturated rings. The van der Waals surface area contributed by atoms with Gasteiger partial charge in [-0.05, 0) is 46.0 Å². The number of hydrogen-bond donors (Lipinski definition) is 0. The molecule has 0 atom stereocenters. The van der Waals surface area contributed by atoms with E-state index in [1.165, 1.54) is 27.3 Å². The van der Waals surface area contributed by atoms with Gasteiger partial charge in [0.05, 0.1) is 5.52 Å². The molecule has 0 aliphatic carbocycles. The van der Waals surface area contributed by atoms with Crippen LogP contribution in [0.25, 0.3) is 32.8 Å². The van der Waals surface area contributed by atoms with Crippen molar-refractivity contribution in [1.29, 1.82) is 0 Å². The van der Waals surface area contributed by atoms with Crippen molar-refractivity contribution in [1.82, 2.24) is 4.98 Å². The SMILES string of the molecule is CC(C)c1cc(-c2ccc3ccccc3c2)c2ccccc2n1. The maximum atomic E-state index is 4.82. The number of fused-ring (bicyclic) bond motifs is 2. The van der Waals surface area contributed by atoms with E-state index < -0.39 is 0 Å². The van der Waals surface area contributed by atoms with Gasteiger partial charge in [-0.25, -0.2) is 0 Å². The Morgan fingerprint density at radius 1 is 0.739 bits per heavy atom. The Morgan fingerprint density at radius 2 is 1.48 bits per heavy atom. The summed E-state index contributed by atoms with van der Waals surface area (Å²) in [6, 6.07) is 25.9. The summed E-state index contributed by atoms with van der Waals surface area (Å²) in [5, 5.41) is 3.77. The van der Waals surface area contributed by atoms with E-state index in [-0.39, 0.29) is 0 Å². The molecule has 0 saturated heterocycles. The van der Waals surface area contributed by atoms with Gasteiger partial charge in [0.15, 0.2) is 0 Å². The van der Waals surface area contributed by atoms with Crippen LogP contribution in [0.4, 0.5) is 0 Å². The molecule has 112 valence electrons. The van der Waals surface area contributed by atoms with Gasteiger partial charge in [-0.2, -0.15) is 0 Å². The van der Waals surface area contributed by atoms with E-state index in [1.54, 1.807) is 0 Å². The summed E-state index contributed by atoms with van der Waals surface area (Å²) >= 11 is 0. The number of nitrogens with zero attached hydrogens (tertiary/aromatic N) is 1. The van der Waals surface area contributed by atoms with E-state index in [9.17, 15) is 0 Å². The van der Waals surface area contributed by atoms with Crippen LogP contribution in [-0.2, 0) is 0 Å². The molecule has 1 nitrogen and oxygen atoms in total. The third-order valence-corrected chi connectivity index (χ3v) is 4.39. The lowest BCUT2D eigenvalue weighted by atomic mass is 9.96. The summed E-state index contributed by atoms with van der Waals surface area (Å²) in [6.45, 7) is 4.39. The van der Waals surface area contributed by atoms with E-state index in [0.717, 1.165) is 11.2 Å². The minimum absolute atomic E-state index is 0.416. The van der Waals surface area contributed by atoms with Crippen LogP contribution in [0.15, 0.2) is 72.8 Å². The van der Waals surface area contributed by atoms with Crippen molar-refractivity contribution in [3.05, 3.63) is 78.5 Å². The maximum absolute atomic E-state index is 4.82. The Hall–Kier alpha value is -2.67. The zero-order valence-electron chi connectivity index (χ0n) is 13.5. The summed E-state index contributed by atoms with van der Waals surface area (Å²) in [4.78, 5) is 4.82. The molecule has 1 heteroatoms. The average molecular weight is 297 g/mol. The predicted molar refractivity (Wildman–Crippen MR) is 98.8 cm³/mol. The summed E-state index contributed by atoms with van der Waals surface area (Å²) in [5.74, 6) is 0.416. The van der Waals surface area contributed by atoms with Crippen molar-refractivity contribution < 1.29 is 0 Å². The summed E-state index contributed by atoms with van der Waals surface area (Å²) in [7, 11) is 0. The van der Waals surface area contributed by atoms with E-state index in [1.807, 2.05) is 0 Å². The number of benzene rings is 3. The molecule has 0 unspecified atom stereocenters. The van der Waals surface area contributed by atoms with E-state index in [4.69, 9.17) is 4.98 Å². The molecular formula is C22H19N. The van der Waals surface area contributed by atoms with Gasteiger partial charge < -0.3 is 0 Å². The summed E-state index contributed by atoms with van der Waals surface area (Å²) < 4.78 is 0. The molecule has 0 spiro atoms. The van der Waals surface area contributed by atoms with Gasteiger partial charge in [0.25, 0.3) is 0 Å². The predicted octanol–water partition coefficient (Wildman–Crippen LogP) is 6.18. The van der Waals surface area contributed by atoms with E-state index in [2.05, 4.69) is 86.6 Å². The number of rotatable bonds is 2. The van der Waals surface area contributed by atoms with Crippen LogP contribution < -0.4 is 0 Å². The molecule has 0 radical (unpaired) electrons. The fraction of sp³-hybridized carbons (Fsp3) is 0.136. The van der Waals surface area contributed by atoms with Crippen molar-refractivity contribution in [2.24, 2.45) is 0 Å². The first-order valence-electron chi connectivity index (χ1n) is 8.11. The molecule has 23 heavy (non-hydrogen) atoms. The second-order valence-corrected chi connectivity index (χ2v) is 6.33. The van der Waals surface area contributed by atoms with Gasteiger partial charge in [-0.1, -0.05) is 68.4 Å². The number of para-hydroxylation sites is 1. The second kappa shape index (κ2) is 5.51. The zero-order valence-corrected chi connectivity index (χ0v) is 13.5. The van der Waals surface area contributed by atoms with E-state index >= 15 is 0 Å². The second-order valence-electron chi connectivity index (χ2n) is 6.33. The Kier molecular flexibility index (Phi) is 3.34. The maximum Gasteiger partial charge on any atom is 0.0711 e. The molecule has 0 N–H and O–H groups in total. The molecule has 4 aromatic rings. The Bertz CT molecular complexity index is 999. The number of pyridine rings is 1. The molecule has 1 heterocycles. The van der Waals surface area contributed by atoms with Crippen molar-refractivity contribution in [2.45, 2.75) is 19.8 Å². The minimum Gasteiger partial charge on any atom is -0.253 e. The Labute approximate surface area is 136 Å². The first-order chi connectivity index (χ1) is 11.2. The highest BCUT2D eigenvalue weighted by atomic mass is 14.7. The quantitative estimate of drug-likeness (QED) is 0.430. The average Bonchev–Trinajstić information content (AvgIpc) is 2.60. The molecule has 3 aromatic carbocycles. The van der Waals surface area contributed by atoms with Gasteiger partial charge in [0.2, 0.25) is 0 Å². The third-order valence-electron chi connectivity index (χ3n) is 4.39. The first kappa shape index (κ1) is 14.0. The molecule has 0 saturated carbocycles. The summed E-state index contributed by atoms with van der Waals surface area (Å²) in [6.07, 6.45) is 0. The highest BCUT2D eigenvalue weighted by Crippen LogP contribution is 2.32. The lowest BCUT2D eigenvalue weighted by Gasteiger charge is -2.12. The monoisotopic (exact) mass is 297 g/mol. The normalized spacial score (nSPS) is 11.4. The molecule has 0 amide bonds. The van der Waals surface area contributed by atoms with Gasteiger partial charge in [-0.15, -0.1) is 0 Å². The van der Waals surface area contributed by atoms with Gasteiger partial charge in [0, 0.05) is 11.1 Å². The van der Waals surface area contributed by atoms with Crippen molar-refractivity contribution in [3.8, 4) is 11.1 Å². The van der Waals surface area contributed by atoms with Crippen molar-refractivity contribution in [2.75, 3.05) is 0 Å². The highest BCUT2D eigenvalue weighted by Gasteiger charge is 2.10. The van der Waals surface area contributed by atoms with E-state index in [0.29, 0.717) is 5.92 Å². The van der Waals surface area contributed by atoms with Crippen LogP contribution in [0.2, 0.25) is 0 Å². The molecule has 1 aromatic heterocycles. The van der Waals surface area contributed by atoms with Gasteiger partial charge in [-0.3, -0.25) is 4.98 Å². The molecular weight excluding hydrogens is 278 g/mol. The fourth-order valence-corrected chi connectivity index (χ4v) is 3.09. The Balaban J connectivity index is 2.02. The zero-order chi connectivity index (χ0) is 15.8. The molecule has 4 rings (SSSR count). The lowest BCUT2D eigenvalue weighted by molar-refractivity contribution is 0.830. The molecule has 0 aliphatic rings. The van der Waals surface area contributed by atoms with Crippen LogP contribution in [0.1, 0.15) is 25.5 Å². The third kappa shape index (κ3) is 2.49. The van der Waals surface area contributed by atoms with Gasteiger partial charge in [0.1, 0.15) is 0 Å². The lowest BCUT2D eigenvalue weighted by Crippen LogP contribution is -1.95. The number of aromatic nitrogens is 1. The van der Waals surface area contributed by atoms with Crippen LogP contribution in [0.3, 0.4) is 0 Å². The van der Waals surface area contributed by atoms with Gasteiger partial charge >= 0.3 is 0 Å². The van der Waals surface area contributed by atoms with Crippen molar-refractivity contribution in [3.63, 3.8) is 0 Å². The minimum atomic E-state index is 0.416.